The number of rotatable bonds is 5. The van der Waals surface area contributed by atoms with Gasteiger partial charge in [0.2, 0.25) is 0 Å². The molecule has 0 N–H and O–H groups in total. The van der Waals surface area contributed by atoms with Crippen LogP contribution >= 0.6 is 0 Å². The molecule has 2 aromatic carbocycles. The van der Waals surface area contributed by atoms with E-state index in [1.807, 2.05) is 0 Å². The van der Waals surface area contributed by atoms with Crippen LogP contribution in [0.3, 0.4) is 0 Å². The Labute approximate surface area is 136 Å². The summed E-state index contributed by atoms with van der Waals surface area (Å²) in [6, 6.07) is 10.9. The normalized spacial score (nSPS) is 11.2. The lowest BCUT2D eigenvalue weighted by Crippen LogP contribution is -2.41. The Hall–Kier alpha value is -2.57. The number of anilines is 1. The van der Waals surface area contributed by atoms with Crippen molar-refractivity contribution in [1.82, 2.24) is 0 Å². The van der Waals surface area contributed by atoms with Crippen molar-refractivity contribution in [2.45, 2.75) is 19.6 Å². The number of alkyl halides is 3. The van der Waals surface area contributed by atoms with Gasteiger partial charge in [-0.2, -0.15) is 13.2 Å². The van der Waals surface area contributed by atoms with E-state index in [9.17, 15) is 22.4 Å². The summed E-state index contributed by atoms with van der Waals surface area (Å²) in [7, 11) is 0. The van der Waals surface area contributed by atoms with E-state index in [1.54, 1.807) is 6.92 Å². The molecule has 0 spiro atoms. The van der Waals surface area contributed by atoms with Crippen molar-refractivity contribution in [3.05, 3.63) is 59.9 Å². The number of hydrogen-bond donors (Lipinski definition) is 0. The highest BCUT2D eigenvalue weighted by Crippen LogP contribution is 2.27. The maximum atomic E-state index is 13.8. The minimum Gasteiger partial charge on any atom is -0.494 e. The van der Waals surface area contributed by atoms with Gasteiger partial charge in [0.15, 0.2) is 0 Å². The molecule has 2 aromatic rings. The average Bonchev–Trinajstić information content (AvgIpc) is 2.54. The fourth-order valence-electron chi connectivity index (χ4n) is 2.12. The van der Waals surface area contributed by atoms with Crippen LogP contribution in [0.5, 0.6) is 5.75 Å². The van der Waals surface area contributed by atoms with Gasteiger partial charge >= 0.3 is 12.1 Å². The smallest absolute Gasteiger partial charge is 0.471 e. The average molecular weight is 341 g/mol. The molecule has 0 fully saturated rings. The molecule has 128 valence electrons. The minimum absolute atomic E-state index is 0.00373. The highest BCUT2D eigenvalue weighted by Gasteiger charge is 2.43. The van der Waals surface area contributed by atoms with E-state index in [0.29, 0.717) is 17.3 Å². The molecule has 2 rings (SSSR count). The van der Waals surface area contributed by atoms with Crippen molar-refractivity contribution < 1.29 is 27.1 Å². The lowest BCUT2D eigenvalue weighted by Gasteiger charge is -2.24. The van der Waals surface area contributed by atoms with E-state index < -0.39 is 24.4 Å². The van der Waals surface area contributed by atoms with Gasteiger partial charge in [0.05, 0.1) is 13.2 Å². The number of nitrogens with zero attached hydrogens (tertiary/aromatic N) is 1. The van der Waals surface area contributed by atoms with Crippen LogP contribution < -0.4 is 9.64 Å². The second kappa shape index (κ2) is 7.33. The molecule has 0 aliphatic heterocycles. The van der Waals surface area contributed by atoms with Crippen molar-refractivity contribution in [2.24, 2.45) is 0 Å². The van der Waals surface area contributed by atoms with Crippen LogP contribution in [0.1, 0.15) is 12.5 Å². The number of carbonyl (C=O) groups excluding carboxylic acids is 1. The summed E-state index contributed by atoms with van der Waals surface area (Å²) in [5, 5.41) is 0. The second-order valence-corrected chi connectivity index (χ2v) is 4.91. The Bertz CT molecular complexity index is 698. The van der Waals surface area contributed by atoms with E-state index in [4.69, 9.17) is 4.74 Å². The minimum atomic E-state index is -5.07. The van der Waals surface area contributed by atoms with Crippen LogP contribution in [-0.2, 0) is 11.3 Å². The van der Waals surface area contributed by atoms with Crippen LogP contribution in [0, 0.1) is 5.82 Å². The number of carbonyl (C=O) groups is 1. The summed E-state index contributed by atoms with van der Waals surface area (Å²) in [4.78, 5) is 12.2. The van der Waals surface area contributed by atoms with Crippen LogP contribution in [0.25, 0.3) is 0 Å². The molecule has 0 atom stereocenters. The van der Waals surface area contributed by atoms with Gasteiger partial charge in [-0.05, 0) is 37.3 Å². The Balaban J connectivity index is 2.36. The zero-order valence-corrected chi connectivity index (χ0v) is 12.8. The van der Waals surface area contributed by atoms with Crippen LogP contribution in [-0.4, -0.2) is 18.7 Å². The highest BCUT2D eigenvalue weighted by molar-refractivity contribution is 5.97. The second-order valence-electron chi connectivity index (χ2n) is 4.91. The van der Waals surface area contributed by atoms with E-state index in [-0.39, 0.29) is 11.3 Å². The van der Waals surface area contributed by atoms with E-state index in [1.165, 1.54) is 42.5 Å². The van der Waals surface area contributed by atoms with Gasteiger partial charge in [0, 0.05) is 11.3 Å². The summed E-state index contributed by atoms with van der Waals surface area (Å²) in [5.41, 5.74) is -0.00647. The fraction of sp³-hybridized carbons (Fsp3) is 0.235. The van der Waals surface area contributed by atoms with Crippen molar-refractivity contribution in [2.75, 3.05) is 11.5 Å². The topological polar surface area (TPSA) is 29.5 Å². The molecular weight excluding hydrogens is 326 g/mol. The van der Waals surface area contributed by atoms with E-state index >= 15 is 0 Å². The molecule has 0 unspecified atom stereocenters. The predicted octanol–water partition coefficient (Wildman–Crippen LogP) is 4.32. The Kier molecular flexibility index (Phi) is 5.43. The van der Waals surface area contributed by atoms with Crippen molar-refractivity contribution in [3.8, 4) is 5.75 Å². The molecule has 0 aliphatic carbocycles. The maximum Gasteiger partial charge on any atom is 0.471 e. The van der Waals surface area contributed by atoms with E-state index in [0.717, 1.165) is 6.07 Å². The molecule has 0 radical (unpaired) electrons. The number of amides is 1. The predicted molar refractivity (Wildman–Crippen MR) is 81.3 cm³/mol. The molecule has 0 saturated heterocycles. The zero-order valence-electron chi connectivity index (χ0n) is 12.8. The first-order valence-corrected chi connectivity index (χ1v) is 7.18. The molecule has 3 nitrogen and oxygen atoms in total. The van der Waals surface area contributed by atoms with Gasteiger partial charge < -0.3 is 9.64 Å². The number of ether oxygens (including phenoxy) is 1. The molecule has 24 heavy (non-hydrogen) atoms. The molecule has 0 saturated carbocycles. The van der Waals surface area contributed by atoms with Crippen LogP contribution in [0.2, 0.25) is 0 Å². The molecule has 0 aliphatic rings. The van der Waals surface area contributed by atoms with Gasteiger partial charge in [-0.3, -0.25) is 4.79 Å². The van der Waals surface area contributed by atoms with Gasteiger partial charge in [0.1, 0.15) is 11.6 Å². The number of benzene rings is 2. The van der Waals surface area contributed by atoms with Crippen LogP contribution in [0.15, 0.2) is 48.5 Å². The Morgan fingerprint density at radius 3 is 2.25 bits per heavy atom. The third-order valence-corrected chi connectivity index (χ3v) is 3.23. The molecular formula is C17H15F4NO2. The van der Waals surface area contributed by atoms with Gasteiger partial charge in [0.25, 0.3) is 0 Å². The molecule has 1 amide bonds. The maximum absolute atomic E-state index is 13.8. The quantitative estimate of drug-likeness (QED) is 0.758. The third-order valence-electron chi connectivity index (χ3n) is 3.23. The monoisotopic (exact) mass is 341 g/mol. The summed E-state index contributed by atoms with van der Waals surface area (Å²) < 4.78 is 57.6. The lowest BCUT2D eigenvalue weighted by atomic mass is 10.1. The Morgan fingerprint density at radius 1 is 1.08 bits per heavy atom. The summed E-state index contributed by atoms with van der Waals surface area (Å²) in [6.07, 6.45) is -5.07. The fourth-order valence-corrected chi connectivity index (χ4v) is 2.12. The first-order valence-electron chi connectivity index (χ1n) is 7.18. The zero-order chi connectivity index (χ0) is 17.7. The standard InChI is InChI=1S/C17H15F4NO2/c1-2-24-14-9-7-13(8-10-14)22(16(23)17(19,20)21)11-12-5-3-4-6-15(12)18/h3-10H,2,11H2,1H3. The van der Waals surface area contributed by atoms with Crippen molar-refractivity contribution in [3.63, 3.8) is 0 Å². The Morgan fingerprint density at radius 2 is 1.71 bits per heavy atom. The first-order chi connectivity index (χ1) is 11.3. The van der Waals surface area contributed by atoms with Crippen molar-refractivity contribution >= 4 is 11.6 Å². The SMILES string of the molecule is CCOc1ccc(N(Cc2ccccc2F)C(=O)C(F)(F)F)cc1. The summed E-state index contributed by atoms with van der Waals surface area (Å²) in [6.45, 7) is 1.64. The highest BCUT2D eigenvalue weighted by atomic mass is 19.4. The first kappa shape index (κ1) is 17.8. The number of halogens is 4. The summed E-state index contributed by atoms with van der Waals surface area (Å²) in [5.74, 6) is -2.27. The third kappa shape index (κ3) is 4.24. The van der Waals surface area contributed by atoms with Gasteiger partial charge in [-0.15, -0.1) is 0 Å². The summed E-state index contributed by atoms with van der Waals surface area (Å²) >= 11 is 0. The van der Waals surface area contributed by atoms with Gasteiger partial charge in [-0.25, -0.2) is 4.39 Å². The van der Waals surface area contributed by atoms with E-state index in [2.05, 4.69) is 0 Å². The number of hydrogen-bond acceptors (Lipinski definition) is 2. The lowest BCUT2D eigenvalue weighted by molar-refractivity contribution is -0.170. The molecule has 0 bridgehead atoms. The van der Waals surface area contributed by atoms with Gasteiger partial charge in [-0.1, -0.05) is 18.2 Å². The molecule has 0 heterocycles. The largest absolute Gasteiger partial charge is 0.494 e. The van der Waals surface area contributed by atoms with Crippen LogP contribution in [0.4, 0.5) is 23.2 Å². The molecule has 7 heteroatoms. The van der Waals surface area contributed by atoms with Crippen molar-refractivity contribution in [1.29, 1.82) is 0 Å². The molecule has 0 aromatic heterocycles.